The third kappa shape index (κ3) is 2.85. The van der Waals surface area contributed by atoms with E-state index in [1.165, 1.54) is 5.56 Å². The first-order valence-corrected chi connectivity index (χ1v) is 10.1. The molecule has 2 atom stereocenters. The van der Waals surface area contributed by atoms with Crippen LogP contribution in [0, 0.1) is 25.2 Å². The Morgan fingerprint density at radius 3 is 2.86 bits per heavy atom. The van der Waals surface area contributed by atoms with E-state index in [1.807, 2.05) is 30.3 Å². The number of amides is 1. The van der Waals surface area contributed by atoms with Gasteiger partial charge in [-0.05, 0) is 31.0 Å². The monoisotopic (exact) mass is 390 g/mol. The van der Waals surface area contributed by atoms with E-state index in [0.29, 0.717) is 5.92 Å². The summed E-state index contributed by atoms with van der Waals surface area (Å²) >= 11 is 0. The largest absolute Gasteiger partial charge is 0.380 e. The summed E-state index contributed by atoms with van der Waals surface area (Å²) in [7, 11) is 1.89. The molecule has 2 saturated heterocycles. The van der Waals surface area contributed by atoms with Crippen LogP contribution in [0.5, 0.6) is 0 Å². The second kappa shape index (κ2) is 6.39. The number of likely N-dealkylation sites (tertiary alicyclic amines) is 1. The highest BCUT2D eigenvalue weighted by Gasteiger charge is 2.48. The van der Waals surface area contributed by atoms with E-state index >= 15 is 0 Å². The number of aromatic nitrogens is 3. The Kier molecular flexibility index (Phi) is 4.03. The molecule has 6 heteroatoms. The fourth-order valence-electron chi connectivity index (χ4n) is 4.70. The molecule has 150 valence electrons. The van der Waals surface area contributed by atoms with Gasteiger partial charge in [0.15, 0.2) is 0 Å². The molecule has 1 amide bonds. The van der Waals surface area contributed by atoms with Gasteiger partial charge in [0.1, 0.15) is 0 Å². The number of hydrogen-bond donors (Lipinski definition) is 0. The second-order valence-electron chi connectivity index (χ2n) is 8.91. The number of rotatable bonds is 2. The summed E-state index contributed by atoms with van der Waals surface area (Å²) in [5.74, 6) is 0.503. The van der Waals surface area contributed by atoms with E-state index in [9.17, 15) is 4.79 Å². The van der Waals surface area contributed by atoms with E-state index in [0.717, 1.165) is 59.6 Å². The third-order valence-electron chi connectivity index (χ3n) is 6.75. The lowest BCUT2D eigenvalue weighted by molar-refractivity contribution is 0.0729. The second-order valence-corrected chi connectivity index (χ2v) is 8.91. The number of benzene rings is 1. The number of fused-ring (bicyclic) bond motifs is 2. The van der Waals surface area contributed by atoms with Gasteiger partial charge in [-0.15, -0.1) is 0 Å². The zero-order valence-electron chi connectivity index (χ0n) is 17.4. The highest BCUT2D eigenvalue weighted by atomic mass is 16.5. The van der Waals surface area contributed by atoms with Gasteiger partial charge in [0, 0.05) is 48.6 Å². The lowest BCUT2D eigenvalue weighted by Crippen LogP contribution is -2.32. The van der Waals surface area contributed by atoms with Crippen LogP contribution in [-0.4, -0.2) is 51.9 Å². The minimum atomic E-state index is 0.0666. The van der Waals surface area contributed by atoms with Crippen LogP contribution in [0.3, 0.4) is 0 Å². The average Bonchev–Trinajstić information content (AvgIpc) is 3.36. The van der Waals surface area contributed by atoms with Gasteiger partial charge in [-0.25, -0.2) is 4.98 Å². The maximum absolute atomic E-state index is 13.7. The number of aryl methyl sites for hydroxylation is 3. The van der Waals surface area contributed by atoms with Crippen molar-refractivity contribution in [3.63, 3.8) is 0 Å². The SMILES string of the molecule is Cc1ccc2c(C(=O)N3CC4COCC4(C)C3)cc(-c3cnn(C)c3)nc2c1C. The number of pyridine rings is 1. The first kappa shape index (κ1) is 18.3. The normalized spacial score (nSPS) is 23.7. The van der Waals surface area contributed by atoms with Crippen molar-refractivity contribution in [3.05, 3.63) is 47.3 Å². The molecule has 4 heterocycles. The van der Waals surface area contributed by atoms with Crippen molar-refractivity contribution < 1.29 is 9.53 Å². The zero-order chi connectivity index (χ0) is 20.3. The number of carbonyl (C=O) groups excluding carboxylic acids is 1. The Morgan fingerprint density at radius 1 is 1.31 bits per heavy atom. The molecule has 0 radical (unpaired) electrons. The summed E-state index contributed by atoms with van der Waals surface area (Å²) in [6.45, 7) is 9.37. The van der Waals surface area contributed by atoms with Crippen molar-refractivity contribution in [1.29, 1.82) is 0 Å². The van der Waals surface area contributed by atoms with Gasteiger partial charge in [-0.2, -0.15) is 5.10 Å². The minimum Gasteiger partial charge on any atom is -0.380 e. The molecule has 0 spiro atoms. The number of ether oxygens (including phenoxy) is 1. The van der Waals surface area contributed by atoms with E-state index in [1.54, 1.807) is 10.9 Å². The summed E-state index contributed by atoms with van der Waals surface area (Å²) in [4.78, 5) is 20.6. The molecule has 2 aliphatic heterocycles. The Morgan fingerprint density at radius 2 is 2.14 bits per heavy atom. The van der Waals surface area contributed by atoms with Crippen molar-refractivity contribution in [2.75, 3.05) is 26.3 Å². The molecule has 5 rings (SSSR count). The zero-order valence-corrected chi connectivity index (χ0v) is 17.4. The Labute approximate surface area is 170 Å². The van der Waals surface area contributed by atoms with E-state index < -0.39 is 0 Å². The van der Waals surface area contributed by atoms with E-state index in [2.05, 4.69) is 31.9 Å². The average molecular weight is 390 g/mol. The van der Waals surface area contributed by atoms with Crippen molar-refractivity contribution in [3.8, 4) is 11.3 Å². The third-order valence-corrected chi connectivity index (χ3v) is 6.75. The molecule has 0 aliphatic carbocycles. The predicted octanol–water partition coefficient (Wildman–Crippen LogP) is 3.36. The highest BCUT2D eigenvalue weighted by Crippen LogP contribution is 2.41. The first-order chi connectivity index (χ1) is 13.9. The molecular formula is C23H26N4O2. The Balaban J connectivity index is 1.64. The van der Waals surface area contributed by atoms with Crippen molar-refractivity contribution in [2.45, 2.75) is 20.8 Å². The molecule has 1 aromatic carbocycles. The molecule has 2 aromatic heterocycles. The van der Waals surface area contributed by atoms with Gasteiger partial charge in [0.05, 0.1) is 36.2 Å². The summed E-state index contributed by atoms with van der Waals surface area (Å²) in [6.07, 6.45) is 3.73. The number of carbonyl (C=O) groups is 1. The molecule has 0 N–H and O–H groups in total. The maximum atomic E-state index is 13.7. The van der Waals surface area contributed by atoms with Gasteiger partial charge < -0.3 is 9.64 Å². The van der Waals surface area contributed by atoms with Crippen LogP contribution in [0.1, 0.15) is 28.4 Å². The van der Waals surface area contributed by atoms with Crippen molar-refractivity contribution in [1.82, 2.24) is 19.7 Å². The molecule has 3 aromatic rings. The van der Waals surface area contributed by atoms with Gasteiger partial charge in [-0.1, -0.05) is 19.1 Å². The van der Waals surface area contributed by atoms with Crippen LogP contribution < -0.4 is 0 Å². The van der Waals surface area contributed by atoms with Crippen LogP contribution in [0.25, 0.3) is 22.2 Å². The van der Waals surface area contributed by atoms with Gasteiger partial charge in [0.2, 0.25) is 0 Å². The standard InChI is InChI=1S/C23H26N4O2/c1-14-5-6-18-19(22(28)27-10-17-11-29-13-23(17,3)12-27)7-20(25-21(18)15(14)2)16-8-24-26(4)9-16/h5-9,17H,10-13H2,1-4H3. The van der Waals surface area contributed by atoms with Crippen LogP contribution in [0.4, 0.5) is 0 Å². The molecule has 2 fully saturated rings. The first-order valence-electron chi connectivity index (χ1n) is 10.1. The van der Waals surface area contributed by atoms with Gasteiger partial charge >= 0.3 is 0 Å². The number of nitrogens with zero attached hydrogens (tertiary/aromatic N) is 4. The van der Waals surface area contributed by atoms with Crippen LogP contribution >= 0.6 is 0 Å². The molecular weight excluding hydrogens is 364 g/mol. The summed E-state index contributed by atoms with van der Waals surface area (Å²) in [5.41, 5.74) is 5.68. The van der Waals surface area contributed by atoms with Gasteiger partial charge in [0.25, 0.3) is 5.91 Å². The molecule has 0 saturated carbocycles. The summed E-state index contributed by atoms with van der Waals surface area (Å²) in [6, 6.07) is 6.05. The minimum absolute atomic E-state index is 0.0666. The number of hydrogen-bond acceptors (Lipinski definition) is 4. The Hall–Kier alpha value is -2.73. The van der Waals surface area contributed by atoms with Crippen LogP contribution in [0.15, 0.2) is 30.6 Å². The predicted molar refractivity (Wildman–Crippen MR) is 112 cm³/mol. The van der Waals surface area contributed by atoms with E-state index in [4.69, 9.17) is 9.72 Å². The topological polar surface area (TPSA) is 60.3 Å². The smallest absolute Gasteiger partial charge is 0.254 e. The summed E-state index contributed by atoms with van der Waals surface area (Å²) < 4.78 is 7.43. The fraction of sp³-hybridized carbons (Fsp3) is 0.435. The van der Waals surface area contributed by atoms with Crippen LogP contribution in [-0.2, 0) is 11.8 Å². The van der Waals surface area contributed by atoms with Crippen LogP contribution in [0.2, 0.25) is 0 Å². The molecule has 0 bridgehead atoms. The molecule has 6 nitrogen and oxygen atoms in total. The van der Waals surface area contributed by atoms with Crippen molar-refractivity contribution in [2.24, 2.45) is 18.4 Å². The lowest BCUT2D eigenvalue weighted by Gasteiger charge is -2.22. The van der Waals surface area contributed by atoms with Crippen molar-refractivity contribution >= 4 is 16.8 Å². The molecule has 2 unspecified atom stereocenters. The quantitative estimate of drug-likeness (QED) is 0.673. The Bertz CT molecular complexity index is 1140. The van der Waals surface area contributed by atoms with E-state index in [-0.39, 0.29) is 11.3 Å². The summed E-state index contributed by atoms with van der Waals surface area (Å²) in [5, 5.41) is 5.20. The van der Waals surface area contributed by atoms with Gasteiger partial charge in [-0.3, -0.25) is 9.48 Å². The highest BCUT2D eigenvalue weighted by molar-refractivity contribution is 6.08. The fourth-order valence-corrected chi connectivity index (χ4v) is 4.70. The molecule has 29 heavy (non-hydrogen) atoms. The lowest BCUT2D eigenvalue weighted by atomic mass is 9.83. The maximum Gasteiger partial charge on any atom is 0.254 e. The molecule has 2 aliphatic rings.